The van der Waals surface area contributed by atoms with Crippen LogP contribution in [0.25, 0.3) is 0 Å². The third-order valence-electron chi connectivity index (χ3n) is 3.38. The Bertz CT molecular complexity index is 222. The van der Waals surface area contributed by atoms with Crippen LogP contribution in [0.5, 0.6) is 0 Å². The minimum Gasteiger partial charge on any atom is -0.481 e. The Morgan fingerprint density at radius 2 is 1.67 bits per heavy atom. The highest BCUT2D eigenvalue weighted by Crippen LogP contribution is 2.71. The topological polar surface area (TPSA) is 37.3 Å². The van der Waals surface area contributed by atoms with Crippen LogP contribution in [0.15, 0.2) is 0 Å². The van der Waals surface area contributed by atoms with E-state index in [-0.39, 0.29) is 10.8 Å². The van der Waals surface area contributed by atoms with E-state index < -0.39 is 11.4 Å². The van der Waals surface area contributed by atoms with Crippen molar-refractivity contribution in [2.75, 3.05) is 0 Å². The lowest BCUT2D eigenvalue weighted by Crippen LogP contribution is -2.34. The number of hydrogen-bond donors (Lipinski definition) is 1. The molecule has 1 N–H and O–H groups in total. The average molecular weight is 170 g/mol. The van der Waals surface area contributed by atoms with Crippen molar-refractivity contribution in [3.8, 4) is 0 Å². The van der Waals surface area contributed by atoms with Gasteiger partial charge in [-0.1, -0.05) is 34.6 Å². The van der Waals surface area contributed by atoms with Crippen molar-refractivity contribution in [1.82, 2.24) is 0 Å². The molecule has 1 aliphatic rings. The van der Waals surface area contributed by atoms with Gasteiger partial charge in [0.1, 0.15) is 0 Å². The van der Waals surface area contributed by atoms with Gasteiger partial charge < -0.3 is 5.11 Å². The smallest absolute Gasteiger partial charge is 0.310 e. The van der Waals surface area contributed by atoms with Crippen LogP contribution in [0.4, 0.5) is 0 Å². The molecule has 0 amide bonds. The molecule has 0 aromatic rings. The highest BCUT2D eigenvalue weighted by atomic mass is 16.4. The van der Waals surface area contributed by atoms with E-state index in [0.29, 0.717) is 0 Å². The van der Waals surface area contributed by atoms with Crippen LogP contribution in [0.3, 0.4) is 0 Å². The van der Waals surface area contributed by atoms with E-state index in [4.69, 9.17) is 0 Å². The van der Waals surface area contributed by atoms with Crippen LogP contribution >= 0.6 is 0 Å². The van der Waals surface area contributed by atoms with Gasteiger partial charge in [-0.3, -0.25) is 4.79 Å². The number of hydrogen-bond acceptors (Lipinski definition) is 1. The Balaban J connectivity index is 3.03. The summed E-state index contributed by atoms with van der Waals surface area (Å²) in [6, 6.07) is 0. The maximum atomic E-state index is 11.1. The van der Waals surface area contributed by atoms with Gasteiger partial charge in [0.2, 0.25) is 0 Å². The summed E-state index contributed by atoms with van der Waals surface area (Å²) in [5.74, 6) is -0.639. The zero-order valence-corrected chi connectivity index (χ0v) is 8.56. The zero-order valence-electron chi connectivity index (χ0n) is 8.56. The van der Waals surface area contributed by atoms with Gasteiger partial charge in [-0.15, -0.1) is 0 Å². The third kappa shape index (κ3) is 0.900. The fourth-order valence-electron chi connectivity index (χ4n) is 2.58. The van der Waals surface area contributed by atoms with Gasteiger partial charge in [0.05, 0.1) is 5.41 Å². The summed E-state index contributed by atoms with van der Waals surface area (Å²) in [6.45, 7) is 10.1. The minimum absolute atomic E-state index is 0.0307. The summed E-state index contributed by atoms with van der Waals surface area (Å²) >= 11 is 0. The van der Waals surface area contributed by atoms with Gasteiger partial charge in [0, 0.05) is 0 Å². The molecule has 0 heterocycles. The van der Waals surface area contributed by atoms with Gasteiger partial charge in [0.15, 0.2) is 0 Å². The summed E-state index contributed by atoms with van der Waals surface area (Å²) < 4.78 is 0. The van der Waals surface area contributed by atoms with Crippen molar-refractivity contribution in [3.05, 3.63) is 0 Å². The molecule has 0 spiro atoms. The minimum atomic E-state index is -0.639. The lowest BCUT2D eigenvalue weighted by atomic mass is 9.73. The fourth-order valence-corrected chi connectivity index (χ4v) is 2.58. The van der Waals surface area contributed by atoms with Crippen LogP contribution in [0, 0.1) is 16.2 Å². The van der Waals surface area contributed by atoms with Gasteiger partial charge >= 0.3 is 5.97 Å². The number of carboxylic acids is 1. The molecule has 1 saturated carbocycles. The molecule has 2 heteroatoms. The van der Waals surface area contributed by atoms with E-state index in [9.17, 15) is 9.90 Å². The predicted octanol–water partition coefficient (Wildman–Crippen LogP) is 2.53. The quantitative estimate of drug-likeness (QED) is 0.656. The average Bonchev–Trinajstić information content (AvgIpc) is 2.33. The van der Waals surface area contributed by atoms with Crippen LogP contribution in [-0.4, -0.2) is 11.1 Å². The molecule has 0 aromatic heterocycles. The zero-order chi connectivity index (χ0) is 9.78. The molecule has 70 valence electrons. The second-order valence-electron chi connectivity index (χ2n) is 5.52. The van der Waals surface area contributed by atoms with Crippen molar-refractivity contribution in [2.24, 2.45) is 16.2 Å². The standard InChI is InChI=1S/C10H18O2/c1-8(2,3)10(7(11)12)6-9(10,4)5/h6H2,1-5H3,(H,11,12). The summed E-state index contributed by atoms with van der Waals surface area (Å²) in [5.41, 5.74) is -0.667. The van der Waals surface area contributed by atoms with Gasteiger partial charge in [-0.25, -0.2) is 0 Å². The first kappa shape index (κ1) is 9.56. The molecular formula is C10H18O2. The summed E-state index contributed by atoms with van der Waals surface area (Å²) in [7, 11) is 0. The Morgan fingerprint density at radius 3 is 1.67 bits per heavy atom. The molecule has 1 rings (SSSR count). The third-order valence-corrected chi connectivity index (χ3v) is 3.38. The van der Waals surface area contributed by atoms with Gasteiger partial charge in [-0.2, -0.15) is 0 Å². The van der Waals surface area contributed by atoms with Gasteiger partial charge in [-0.05, 0) is 17.3 Å². The summed E-state index contributed by atoms with van der Waals surface area (Å²) in [5, 5.41) is 9.18. The van der Waals surface area contributed by atoms with Crippen molar-refractivity contribution < 1.29 is 9.90 Å². The number of aliphatic carboxylic acids is 1. The fraction of sp³-hybridized carbons (Fsp3) is 0.900. The molecule has 1 aliphatic carbocycles. The molecule has 0 radical (unpaired) electrons. The lowest BCUT2D eigenvalue weighted by molar-refractivity contribution is -0.149. The molecule has 12 heavy (non-hydrogen) atoms. The van der Waals surface area contributed by atoms with E-state index in [1.807, 2.05) is 34.6 Å². The maximum Gasteiger partial charge on any atom is 0.310 e. The monoisotopic (exact) mass is 170 g/mol. The van der Waals surface area contributed by atoms with Crippen molar-refractivity contribution >= 4 is 5.97 Å². The first-order valence-corrected chi connectivity index (χ1v) is 4.38. The Labute approximate surface area is 74.0 Å². The van der Waals surface area contributed by atoms with E-state index in [1.54, 1.807) is 0 Å². The van der Waals surface area contributed by atoms with Crippen LogP contribution in [0.2, 0.25) is 0 Å². The molecule has 0 aromatic carbocycles. The lowest BCUT2D eigenvalue weighted by Gasteiger charge is -2.30. The normalized spacial score (nSPS) is 33.1. The number of rotatable bonds is 1. The highest BCUT2D eigenvalue weighted by Gasteiger charge is 2.71. The van der Waals surface area contributed by atoms with Crippen molar-refractivity contribution in [2.45, 2.75) is 41.0 Å². The second-order valence-corrected chi connectivity index (χ2v) is 5.52. The van der Waals surface area contributed by atoms with Crippen LogP contribution < -0.4 is 0 Å². The molecular weight excluding hydrogens is 152 g/mol. The molecule has 0 saturated heterocycles. The highest BCUT2D eigenvalue weighted by molar-refractivity contribution is 5.80. The van der Waals surface area contributed by atoms with E-state index in [1.165, 1.54) is 0 Å². The van der Waals surface area contributed by atoms with E-state index in [0.717, 1.165) is 6.42 Å². The SMILES string of the molecule is CC(C)(C)C1(C(=O)O)CC1(C)C. The molecule has 2 nitrogen and oxygen atoms in total. The second kappa shape index (κ2) is 2.04. The Hall–Kier alpha value is -0.530. The van der Waals surface area contributed by atoms with Crippen LogP contribution in [-0.2, 0) is 4.79 Å². The predicted molar refractivity (Wildman–Crippen MR) is 47.9 cm³/mol. The maximum absolute atomic E-state index is 11.1. The number of carbonyl (C=O) groups is 1. The van der Waals surface area contributed by atoms with E-state index >= 15 is 0 Å². The Kier molecular flexibility index (Phi) is 1.62. The molecule has 1 atom stereocenters. The molecule has 0 aliphatic heterocycles. The van der Waals surface area contributed by atoms with Crippen molar-refractivity contribution in [1.29, 1.82) is 0 Å². The number of carboxylic acid groups (broad SMARTS) is 1. The molecule has 1 unspecified atom stereocenters. The van der Waals surface area contributed by atoms with Gasteiger partial charge in [0.25, 0.3) is 0 Å². The summed E-state index contributed by atoms with van der Waals surface area (Å²) in [4.78, 5) is 11.1. The van der Waals surface area contributed by atoms with Crippen molar-refractivity contribution in [3.63, 3.8) is 0 Å². The largest absolute Gasteiger partial charge is 0.481 e. The van der Waals surface area contributed by atoms with Crippen LogP contribution in [0.1, 0.15) is 41.0 Å². The summed E-state index contributed by atoms with van der Waals surface area (Å²) in [6.07, 6.45) is 0.804. The molecule has 0 bridgehead atoms. The Morgan fingerprint density at radius 1 is 1.33 bits per heavy atom. The van der Waals surface area contributed by atoms with E-state index in [2.05, 4.69) is 0 Å². The first-order valence-electron chi connectivity index (χ1n) is 4.38. The first-order chi connectivity index (χ1) is 5.15. The molecule has 1 fully saturated rings.